The molecular weight excluding hydrogens is 710 g/mol. The van der Waals surface area contributed by atoms with E-state index in [4.69, 9.17) is 23.7 Å². The average Bonchev–Trinajstić information content (AvgIpc) is 3.20. The Kier molecular flexibility index (Phi) is 17.9. The SMILES string of the molecule is CCCCC(OC(=O)CN1CCN(CCCCCOc2ccccc2)CC1)c1ccccc1C(=O)Oc1ccc(/C=C/C(=O)OCCO[N+](=O)[O-])cc1OC. The number of hydrogen-bond donors (Lipinski definition) is 0. The lowest BCUT2D eigenvalue weighted by Crippen LogP contribution is -2.48. The second-order valence-corrected chi connectivity index (χ2v) is 12.9. The summed E-state index contributed by atoms with van der Waals surface area (Å²) >= 11 is 0. The molecule has 1 saturated heterocycles. The minimum absolute atomic E-state index is 0.150. The lowest BCUT2D eigenvalue weighted by atomic mass is 9.98. The van der Waals surface area contributed by atoms with Crippen molar-refractivity contribution in [2.24, 2.45) is 0 Å². The largest absolute Gasteiger partial charge is 0.494 e. The summed E-state index contributed by atoms with van der Waals surface area (Å²) in [6.45, 7) is 6.62. The van der Waals surface area contributed by atoms with Crippen LogP contribution in [0.3, 0.4) is 0 Å². The first-order chi connectivity index (χ1) is 26.7. The Morgan fingerprint density at radius 1 is 0.855 bits per heavy atom. The standard InChI is InChI=1S/C41H51N3O11/c1-3-4-17-36(54-40(46)31-43-25-23-42(24-26-43)22-11-6-12-27-51-33-13-7-5-8-14-33)34-15-9-10-16-35(34)41(47)55-37-20-18-32(30-38(37)50-2)19-21-39(45)52-28-29-53-44(48)49/h5,7-10,13-16,18-21,30,36H,3-4,6,11-12,17,22-29,31H2,1-2H3/b21-19+. The van der Waals surface area contributed by atoms with Gasteiger partial charge in [-0.25, -0.2) is 9.59 Å². The predicted octanol–water partition coefficient (Wildman–Crippen LogP) is 6.32. The first-order valence-electron chi connectivity index (χ1n) is 18.7. The first kappa shape index (κ1) is 42.3. The molecule has 14 nitrogen and oxygen atoms in total. The number of ether oxygens (including phenoxy) is 5. The molecule has 1 unspecified atom stereocenters. The maximum absolute atomic E-state index is 13.6. The van der Waals surface area contributed by atoms with Crippen molar-refractivity contribution >= 4 is 24.0 Å². The van der Waals surface area contributed by atoms with E-state index in [2.05, 4.69) is 21.6 Å². The molecule has 0 radical (unpaired) electrons. The Bertz CT molecular complexity index is 1690. The van der Waals surface area contributed by atoms with Crippen LogP contribution in [0.15, 0.2) is 78.9 Å². The molecule has 1 aliphatic rings. The van der Waals surface area contributed by atoms with Crippen molar-refractivity contribution in [3.05, 3.63) is 106 Å². The number of carbonyl (C=O) groups excluding carboxylic acids is 3. The fourth-order valence-corrected chi connectivity index (χ4v) is 6.00. The second kappa shape index (κ2) is 23.3. The van der Waals surface area contributed by atoms with E-state index in [0.717, 1.165) is 76.7 Å². The van der Waals surface area contributed by atoms with Crippen molar-refractivity contribution in [2.45, 2.75) is 51.6 Å². The number of rotatable bonds is 23. The van der Waals surface area contributed by atoms with E-state index < -0.39 is 23.1 Å². The summed E-state index contributed by atoms with van der Waals surface area (Å²) in [6.07, 6.45) is 7.40. The average molecular weight is 762 g/mol. The molecule has 1 aliphatic heterocycles. The molecule has 0 spiro atoms. The molecule has 0 aliphatic carbocycles. The van der Waals surface area contributed by atoms with Crippen LogP contribution in [0.4, 0.5) is 0 Å². The molecule has 1 fully saturated rings. The van der Waals surface area contributed by atoms with Gasteiger partial charge in [0, 0.05) is 37.8 Å². The van der Waals surface area contributed by atoms with Crippen LogP contribution in [-0.4, -0.2) is 99.0 Å². The summed E-state index contributed by atoms with van der Waals surface area (Å²) in [5, 5.41) is 9.23. The van der Waals surface area contributed by atoms with Crippen molar-refractivity contribution in [1.82, 2.24) is 9.80 Å². The fraction of sp³-hybridized carbons (Fsp3) is 0.439. The zero-order chi connectivity index (χ0) is 39.3. The monoisotopic (exact) mass is 761 g/mol. The summed E-state index contributed by atoms with van der Waals surface area (Å²) in [5.74, 6) is -0.409. The topological polar surface area (TPSA) is 156 Å². The van der Waals surface area contributed by atoms with Gasteiger partial charge in [-0.2, -0.15) is 0 Å². The molecule has 0 bridgehead atoms. The predicted molar refractivity (Wildman–Crippen MR) is 204 cm³/mol. The van der Waals surface area contributed by atoms with Crippen LogP contribution in [0, 0.1) is 10.1 Å². The van der Waals surface area contributed by atoms with Crippen molar-refractivity contribution < 1.29 is 48.0 Å². The van der Waals surface area contributed by atoms with Gasteiger partial charge in [0.25, 0.3) is 5.09 Å². The quantitative estimate of drug-likeness (QED) is 0.0264. The third-order valence-electron chi connectivity index (χ3n) is 8.90. The van der Waals surface area contributed by atoms with Crippen LogP contribution in [0.1, 0.15) is 73.0 Å². The van der Waals surface area contributed by atoms with Crippen LogP contribution < -0.4 is 14.2 Å². The third-order valence-corrected chi connectivity index (χ3v) is 8.90. The number of nitrogens with zero attached hydrogens (tertiary/aromatic N) is 3. The normalized spacial score (nSPS) is 13.9. The van der Waals surface area contributed by atoms with E-state index >= 15 is 0 Å². The molecule has 0 N–H and O–H groups in total. The second-order valence-electron chi connectivity index (χ2n) is 12.9. The number of carbonyl (C=O) groups is 3. The molecular formula is C41H51N3O11. The van der Waals surface area contributed by atoms with E-state index in [-0.39, 0.29) is 42.8 Å². The number of piperazine rings is 1. The van der Waals surface area contributed by atoms with Crippen LogP contribution in [0.2, 0.25) is 0 Å². The Balaban J connectivity index is 1.27. The van der Waals surface area contributed by atoms with E-state index in [1.165, 1.54) is 19.3 Å². The van der Waals surface area contributed by atoms with Gasteiger partial charge in [0.1, 0.15) is 25.1 Å². The molecule has 1 atom stereocenters. The number of benzene rings is 3. The van der Waals surface area contributed by atoms with Crippen LogP contribution in [0.5, 0.6) is 17.2 Å². The summed E-state index contributed by atoms with van der Waals surface area (Å²) in [6, 6.07) is 21.5. The maximum atomic E-state index is 13.6. The molecule has 3 aromatic carbocycles. The summed E-state index contributed by atoms with van der Waals surface area (Å²) in [5.41, 5.74) is 1.38. The lowest BCUT2D eigenvalue weighted by Gasteiger charge is -2.34. The minimum atomic E-state index is -0.971. The number of unbranched alkanes of at least 4 members (excludes halogenated alkanes) is 3. The van der Waals surface area contributed by atoms with Gasteiger partial charge in [-0.05, 0) is 80.6 Å². The van der Waals surface area contributed by atoms with E-state index in [1.54, 1.807) is 36.4 Å². The van der Waals surface area contributed by atoms with Crippen molar-refractivity contribution in [3.63, 3.8) is 0 Å². The van der Waals surface area contributed by atoms with Crippen molar-refractivity contribution in [3.8, 4) is 17.2 Å². The molecule has 296 valence electrons. The van der Waals surface area contributed by atoms with Crippen molar-refractivity contribution in [1.29, 1.82) is 0 Å². The number of esters is 3. The Morgan fingerprint density at radius 3 is 2.35 bits per heavy atom. The van der Waals surface area contributed by atoms with Crippen LogP contribution >= 0.6 is 0 Å². The van der Waals surface area contributed by atoms with Crippen LogP contribution in [-0.2, 0) is 23.9 Å². The highest BCUT2D eigenvalue weighted by atomic mass is 17.0. The van der Waals surface area contributed by atoms with E-state index in [9.17, 15) is 24.5 Å². The highest BCUT2D eigenvalue weighted by molar-refractivity contribution is 5.93. The van der Waals surface area contributed by atoms with Gasteiger partial charge in [0.05, 0.1) is 25.8 Å². The molecule has 0 amide bonds. The Morgan fingerprint density at radius 2 is 1.60 bits per heavy atom. The molecule has 1 heterocycles. The number of hydrogen-bond acceptors (Lipinski definition) is 13. The maximum Gasteiger partial charge on any atom is 0.344 e. The van der Waals surface area contributed by atoms with Gasteiger partial charge in [0.15, 0.2) is 11.5 Å². The molecule has 14 heteroatoms. The molecule has 0 saturated carbocycles. The molecule has 55 heavy (non-hydrogen) atoms. The Labute approximate surface area is 322 Å². The highest BCUT2D eigenvalue weighted by Crippen LogP contribution is 2.32. The van der Waals surface area contributed by atoms with Gasteiger partial charge < -0.3 is 33.4 Å². The lowest BCUT2D eigenvalue weighted by molar-refractivity contribution is -0.757. The zero-order valence-electron chi connectivity index (χ0n) is 31.6. The summed E-state index contributed by atoms with van der Waals surface area (Å²) in [4.78, 5) is 57.7. The van der Waals surface area contributed by atoms with Crippen LogP contribution in [0.25, 0.3) is 6.08 Å². The Hall–Kier alpha value is -5.47. The first-order valence-corrected chi connectivity index (χ1v) is 18.7. The molecule has 3 aromatic rings. The zero-order valence-corrected chi connectivity index (χ0v) is 31.6. The smallest absolute Gasteiger partial charge is 0.344 e. The fourth-order valence-electron chi connectivity index (χ4n) is 6.00. The van der Waals surface area contributed by atoms with Gasteiger partial charge in [-0.3, -0.25) is 9.69 Å². The van der Waals surface area contributed by atoms with E-state index in [1.807, 2.05) is 30.3 Å². The van der Waals surface area contributed by atoms with Gasteiger partial charge in [-0.1, -0.05) is 55.8 Å². The van der Waals surface area contributed by atoms with E-state index in [0.29, 0.717) is 24.2 Å². The number of para-hydroxylation sites is 1. The van der Waals surface area contributed by atoms with Crippen molar-refractivity contribution in [2.75, 3.05) is 66.2 Å². The summed E-state index contributed by atoms with van der Waals surface area (Å²) < 4.78 is 27.9. The van der Waals surface area contributed by atoms with Gasteiger partial charge >= 0.3 is 17.9 Å². The third kappa shape index (κ3) is 15.1. The van der Waals surface area contributed by atoms with Gasteiger partial charge in [-0.15, -0.1) is 10.1 Å². The number of methoxy groups -OCH3 is 1. The minimum Gasteiger partial charge on any atom is -0.494 e. The van der Waals surface area contributed by atoms with Gasteiger partial charge in [0.2, 0.25) is 0 Å². The molecule has 0 aromatic heterocycles. The molecule has 4 rings (SSSR count). The summed E-state index contributed by atoms with van der Waals surface area (Å²) in [7, 11) is 1.42. The highest BCUT2D eigenvalue weighted by Gasteiger charge is 2.26.